The number of alkyl halides is 1. The van der Waals surface area contributed by atoms with E-state index in [1.807, 2.05) is 48.5 Å². The lowest BCUT2D eigenvalue weighted by Crippen LogP contribution is -2.49. The van der Waals surface area contributed by atoms with E-state index in [0.29, 0.717) is 0 Å². The summed E-state index contributed by atoms with van der Waals surface area (Å²) < 4.78 is 17.4. The van der Waals surface area contributed by atoms with Crippen LogP contribution in [0.4, 0.5) is 9.18 Å². The van der Waals surface area contributed by atoms with Crippen LogP contribution in [0.3, 0.4) is 0 Å². The number of halogens is 1. The van der Waals surface area contributed by atoms with Crippen molar-refractivity contribution in [2.24, 2.45) is 0 Å². The summed E-state index contributed by atoms with van der Waals surface area (Å²) in [5.41, 5.74) is 4.21. The number of rotatable bonds is 7. The molecular formula is C20H19FN2O5. The van der Waals surface area contributed by atoms with Crippen LogP contribution in [0.15, 0.2) is 48.5 Å². The number of benzene rings is 2. The number of carboxylic acids is 1. The number of amides is 2. The van der Waals surface area contributed by atoms with Gasteiger partial charge in [0.15, 0.2) is 6.67 Å². The highest BCUT2D eigenvalue weighted by molar-refractivity contribution is 5.82. The van der Waals surface area contributed by atoms with Gasteiger partial charge in [-0.25, -0.2) is 14.0 Å². The maximum absolute atomic E-state index is 12.2. The van der Waals surface area contributed by atoms with Crippen molar-refractivity contribution in [1.29, 1.82) is 0 Å². The minimum atomic E-state index is -1.42. The lowest BCUT2D eigenvalue weighted by molar-refractivity contribution is -0.139. The normalized spacial score (nSPS) is 13.2. The molecule has 0 saturated carbocycles. The van der Waals surface area contributed by atoms with E-state index in [2.05, 4.69) is 10.6 Å². The van der Waals surface area contributed by atoms with Crippen LogP contribution in [0.5, 0.6) is 0 Å². The molecule has 0 spiro atoms. The number of carboxylic acid groups (broad SMARTS) is 1. The minimum Gasteiger partial charge on any atom is -0.480 e. The first-order chi connectivity index (χ1) is 13.5. The summed E-state index contributed by atoms with van der Waals surface area (Å²) in [6.07, 6.45) is -0.927. The molecule has 146 valence electrons. The molecule has 2 aromatic carbocycles. The average molecular weight is 386 g/mol. The van der Waals surface area contributed by atoms with Crippen molar-refractivity contribution in [2.45, 2.75) is 12.0 Å². The summed E-state index contributed by atoms with van der Waals surface area (Å²) in [4.78, 5) is 34.2. The Hall–Kier alpha value is -3.42. The Balaban J connectivity index is 1.64. The summed E-state index contributed by atoms with van der Waals surface area (Å²) in [5.74, 6) is -2.49. The van der Waals surface area contributed by atoms with Crippen LogP contribution in [-0.2, 0) is 14.3 Å². The van der Waals surface area contributed by atoms with E-state index < -0.39 is 37.2 Å². The Morgan fingerprint density at radius 2 is 1.61 bits per heavy atom. The smallest absolute Gasteiger partial charge is 0.407 e. The van der Waals surface area contributed by atoms with Gasteiger partial charge < -0.3 is 20.5 Å². The first-order valence-electron chi connectivity index (χ1n) is 8.68. The summed E-state index contributed by atoms with van der Waals surface area (Å²) >= 11 is 0. The van der Waals surface area contributed by atoms with Crippen LogP contribution in [0, 0.1) is 0 Å². The summed E-state index contributed by atoms with van der Waals surface area (Å²) in [5, 5.41) is 13.4. The Morgan fingerprint density at radius 1 is 1.04 bits per heavy atom. The van der Waals surface area contributed by atoms with Gasteiger partial charge in [-0.2, -0.15) is 0 Å². The van der Waals surface area contributed by atoms with Gasteiger partial charge in [0.25, 0.3) is 5.91 Å². The summed E-state index contributed by atoms with van der Waals surface area (Å²) in [6.45, 7) is -1.68. The number of carbonyl (C=O) groups excluding carboxylic acids is 2. The zero-order valence-corrected chi connectivity index (χ0v) is 14.9. The first kappa shape index (κ1) is 19.3. The lowest BCUT2D eigenvalue weighted by atomic mass is 9.98. The predicted octanol–water partition coefficient (Wildman–Crippen LogP) is 2.06. The standard InChI is InChI=1S/C20H19FN2O5/c21-9-18(24)22-10-17(19(25)26)23-20(27)28-11-16-14-7-3-1-5-12(14)13-6-2-4-8-15(13)16/h1-8,16-17H,9-11H2,(H,22,24)(H,23,27)(H,25,26). The molecule has 2 amide bonds. The molecular weight excluding hydrogens is 367 g/mol. The van der Waals surface area contributed by atoms with E-state index in [9.17, 15) is 18.8 Å². The molecule has 8 heteroatoms. The molecule has 2 aromatic rings. The van der Waals surface area contributed by atoms with E-state index in [1.165, 1.54) is 0 Å². The van der Waals surface area contributed by atoms with Crippen molar-refractivity contribution in [3.05, 3.63) is 59.7 Å². The van der Waals surface area contributed by atoms with Gasteiger partial charge in [-0.15, -0.1) is 0 Å². The second-order valence-corrected chi connectivity index (χ2v) is 6.30. The molecule has 0 aromatic heterocycles. The fourth-order valence-corrected chi connectivity index (χ4v) is 3.25. The Labute approximate surface area is 160 Å². The third-order valence-electron chi connectivity index (χ3n) is 4.56. The van der Waals surface area contributed by atoms with Crippen LogP contribution in [-0.4, -0.2) is 48.9 Å². The van der Waals surface area contributed by atoms with Crippen molar-refractivity contribution >= 4 is 18.0 Å². The van der Waals surface area contributed by atoms with Crippen molar-refractivity contribution in [1.82, 2.24) is 10.6 Å². The number of carbonyl (C=O) groups is 3. The number of aliphatic carboxylic acids is 1. The third kappa shape index (κ3) is 4.11. The predicted molar refractivity (Wildman–Crippen MR) is 98.6 cm³/mol. The van der Waals surface area contributed by atoms with Crippen molar-refractivity contribution in [3.8, 4) is 11.1 Å². The average Bonchev–Trinajstić information content (AvgIpc) is 3.03. The van der Waals surface area contributed by atoms with E-state index >= 15 is 0 Å². The molecule has 1 aliphatic carbocycles. The van der Waals surface area contributed by atoms with E-state index in [1.54, 1.807) is 0 Å². The van der Waals surface area contributed by atoms with Gasteiger partial charge >= 0.3 is 12.1 Å². The first-order valence-corrected chi connectivity index (χ1v) is 8.68. The highest BCUT2D eigenvalue weighted by Crippen LogP contribution is 2.44. The largest absolute Gasteiger partial charge is 0.480 e. The Kier molecular flexibility index (Phi) is 5.88. The topological polar surface area (TPSA) is 105 Å². The molecule has 0 fully saturated rings. The number of fused-ring (bicyclic) bond motifs is 3. The van der Waals surface area contributed by atoms with Gasteiger partial charge in [0.1, 0.15) is 12.6 Å². The van der Waals surface area contributed by atoms with Gasteiger partial charge in [0.2, 0.25) is 0 Å². The molecule has 1 aliphatic rings. The van der Waals surface area contributed by atoms with Crippen molar-refractivity contribution in [3.63, 3.8) is 0 Å². The van der Waals surface area contributed by atoms with Crippen LogP contribution < -0.4 is 10.6 Å². The van der Waals surface area contributed by atoms with Gasteiger partial charge in [-0.3, -0.25) is 4.79 Å². The van der Waals surface area contributed by atoms with Gasteiger partial charge in [0, 0.05) is 12.5 Å². The van der Waals surface area contributed by atoms with E-state index in [4.69, 9.17) is 9.84 Å². The maximum atomic E-state index is 12.2. The van der Waals surface area contributed by atoms with Crippen LogP contribution in [0.2, 0.25) is 0 Å². The number of nitrogens with one attached hydrogen (secondary N) is 2. The highest BCUT2D eigenvalue weighted by Gasteiger charge is 2.29. The number of hydrogen-bond donors (Lipinski definition) is 3. The van der Waals surface area contributed by atoms with Gasteiger partial charge in [0.05, 0.1) is 0 Å². The molecule has 0 saturated heterocycles. The molecule has 1 atom stereocenters. The summed E-state index contributed by atoms with van der Waals surface area (Å²) in [7, 11) is 0. The fourth-order valence-electron chi connectivity index (χ4n) is 3.25. The third-order valence-corrected chi connectivity index (χ3v) is 4.56. The minimum absolute atomic E-state index is 0.0308. The monoisotopic (exact) mass is 386 g/mol. The SMILES string of the molecule is O=C(CF)NCC(NC(=O)OCC1c2ccccc2-c2ccccc21)C(=O)O. The lowest BCUT2D eigenvalue weighted by Gasteiger charge is -2.17. The van der Waals surface area contributed by atoms with Crippen LogP contribution in [0.1, 0.15) is 17.0 Å². The molecule has 28 heavy (non-hydrogen) atoms. The Bertz CT molecular complexity index is 856. The Morgan fingerprint density at radius 3 is 2.14 bits per heavy atom. The highest BCUT2D eigenvalue weighted by atomic mass is 19.1. The zero-order chi connectivity index (χ0) is 20.1. The van der Waals surface area contributed by atoms with Gasteiger partial charge in [-0.05, 0) is 22.3 Å². The molecule has 3 N–H and O–H groups in total. The van der Waals surface area contributed by atoms with E-state index in [0.717, 1.165) is 22.3 Å². The summed E-state index contributed by atoms with van der Waals surface area (Å²) in [6, 6.07) is 14.2. The molecule has 7 nitrogen and oxygen atoms in total. The number of alkyl carbamates (subject to hydrolysis) is 1. The fraction of sp³-hybridized carbons (Fsp3) is 0.250. The van der Waals surface area contributed by atoms with Crippen LogP contribution in [0.25, 0.3) is 11.1 Å². The second kappa shape index (κ2) is 8.51. The van der Waals surface area contributed by atoms with E-state index in [-0.39, 0.29) is 12.5 Å². The second-order valence-electron chi connectivity index (χ2n) is 6.30. The maximum Gasteiger partial charge on any atom is 0.407 e. The molecule has 0 heterocycles. The zero-order valence-electron chi connectivity index (χ0n) is 14.9. The molecule has 0 radical (unpaired) electrons. The van der Waals surface area contributed by atoms with Gasteiger partial charge in [-0.1, -0.05) is 48.5 Å². The number of hydrogen-bond acceptors (Lipinski definition) is 4. The quantitative estimate of drug-likeness (QED) is 0.676. The molecule has 1 unspecified atom stereocenters. The van der Waals surface area contributed by atoms with Crippen LogP contribution >= 0.6 is 0 Å². The molecule has 0 bridgehead atoms. The van der Waals surface area contributed by atoms with Crippen molar-refractivity contribution in [2.75, 3.05) is 19.8 Å². The number of ether oxygens (including phenoxy) is 1. The molecule has 0 aliphatic heterocycles. The van der Waals surface area contributed by atoms with Crippen molar-refractivity contribution < 1.29 is 28.6 Å². The molecule has 3 rings (SSSR count).